The zero-order chi connectivity index (χ0) is 19.3. The molecule has 1 aliphatic rings. The molecule has 2 aromatic heterocycles. The topological polar surface area (TPSA) is 73.3 Å². The van der Waals surface area contributed by atoms with Crippen LogP contribution >= 0.6 is 0 Å². The fraction of sp³-hybridized carbons (Fsp3) is 0.389. The molecule has 27 heavy (non-hydrogen) atoms. The number of alkyl halides is 3. The Bertz CT molecular complexity index is 778. The van der Waals surface area contributed by atoms with Gasteiger partial charge >= 0.3 is 12.3 Å². The molecule has 0 saturated heterocycles. The highest BCUT2D eigenvalue weighted by molar-refractivity contribution is 5.86. The maximum absolute atomic E-state index is 12.5. The Labute approximate surface area is 153 Å². The monoisotopic (exact) mass is 381 g/mol. The molecule has 1 saturated carbocycles. The summed E-state index contributed by atoms with van der Waals surface area (Å²) in [4.78, 5) is 19.8. The molecule has 0 spiro atoms. The van der Waals surface area contributed by atoms with Crippen LogP contribution in [0.3, 0.4) is 0 Å². The lowest BCUT2D eigenvalue weighted by atomic mass is 9.98. The highest BCUT2D eigenvalue weighted by Crippen LogP contribution is 2.39. The van der Waals surface area contributed by atoms with Crippen LogP contribution in [-0.2, 0) is 0 Å². The molecule has 2 aromatic rings. The van der Waals surface area contributed by atoms with Gasteiger partial charge in [0.25, 0.3) is 0 Å². The van der Waals surface area contributed by atoms with Gasteiger partial charge in [-0.1, -0.05) is 18.9 Å². The molecule has 1 fully saturated rings. The van der Waals surface area contributed by atoms with Crippen molar-refractivity contribution in [3.63, 3.8) is 0 Å². The minimum Gasteiger partial charge on any atom is -0.468 e. The van der Waals surface area contributed by atoms with Crippen LogP contribution in [0.2, 0.25) is 0 Å². The maximum atomic E-state index is 12.5. The second-order valence-corrected chi connectivity index (χ2v) is 6.19. The van der Waals surface area contributed by atoms with Gasteiger partial charge in [-0.25, -0.2) is 14.8 Å². The van der Waals surface area contributed by atoms with E-state index < -0.39 is 18.9 Å². The molecule has 0 aromatic carbocycles. The van der Waals surface area contributed by atoms with Crippen LogP contribution in [0, 0.1) is 0 Å². The number of hydrogen-bond donors (Lipinski definition) is 1. The van der Waals surface area contributed by atoms with Gasteiger partial charge in [0.1, 0.15) is 0 Å². The Morgan fingerprint density at radius 1 is 1.22 bits per heavy atom. The summed E-state index contributed by atoms with van der Waals surface area (Å²) in [5.74, 6) is 0.126. The molecule has 1 amide bonds. The largest absolute Gasteiger partial charge is 0.468 e. The van der Waals surface area contributed by atoms with Gasteiger partial charge in [0, 0.05) is 17.8 Å². The Balaban J connectivity index is 1.73. The number of rotatable bonds is 5. The van der Waals surface area contributed by atoms with Crippen LogP contribution in [0.25, 0.3) is 0 Å². The van der Waals surface area contributed by atoms with Gasteiger partial charge in [-0.2, -0.15) is 13.2 Å². The molecule has 1 N–H and O–H groups in total. The zero-order valence-electron chi connectivity index (χ0n) is 14.3. The SMILES string of the molecule is O=C(Nc1cnc(OCC(F)(F)F)c(C2CCCC2)c1)Oc1ccccn1. The summed E-state index contributed by atoms with van der Waals surface area (Å²) in [5.41, 5.74) is 0.879. The lowest BCUT2D eigenvalue weighted by Gasteiger charge is -2.17. The van der Waals surface area contributed by atoms with Crippen LogP contribution in [-0.4, -0.2) is 28.8 Å². The highest BCUT2D eigenvalue weighted by Gasteiger charge is 2.30. The van der Waals surface area contributed by atoms with E-state index >= 15 is 0 Å². The van der Waals surface area contributed by atoms with Gasteiger partial charge in [0.2, 0.25) is 11.8 Å². The quantitative estimate of drug-likeness (QED) is 0.814. The second kappa shape index (κ2) is 8.24. The third-order valence-electron chi connectivity index (χ3n) is 4.13. The fourth-order valence-electron chi connectivity index (χ4n) is 2.98. The molecule has 0 unspecified atom stereocenters. The normalized spacial score (nSPS) is 14.8. The predicted octanol–water partition coefficient (Wildman–Crippen LogP) is 4.69. The number of pyridine rings is 2. The molecule has 1 aliphatic carbocycles. The molecular formula is C18H18F3N3O3. The molecule has 6 nitrogen and oxygen atoms in total. The standard InChI is InChI=1S/C18H18F3N3O3/c19-18(20,21)11-26-16-14(12-5-1-2-6-12)9-13(10-23-16)24-17(25)27-15-7-3-4-8-22-15/h3-4,7-10,12H,1-2,5-6,11H2,(H,24,25). The van der Waals surface area contributed by atoms with Gasteiger partial charge in [-0.15, -0.1) is 0 Å². The van der Waals surface area contributed by atoms with E-state index in [-0.39, 0.29) is 17.7 Å². The average Bonchev–Trinajstić information content (AvgIpc) is 3.15. The number of carbonyl (C=O) groups excluding carboxylic acids is 1. The number of amides is 1. The van der Waals surface area contributed by atoms with Gasteiger partial charge in [-0.3, -0.25) is 5.32 Å². The van der Waals surface area contributed by atoms with Crippen LogP contribution in [0.4, 0.5) is 23.7 Å². The van der Waals surface area contributed by atoms with E-state index in [2.05, 4.69) is 15.3 Å². The molecule has 0 bridgehead atoms. The van der Waals surface area contributed by atoms with Crippen molar-refractivity contribution in [2.24, 2.45) is 0 Å². The van der Waals surface area contributed by atoms with Crippen molar-refractivity contribution in [3.8, 4) is 11.8 Å². The molecule has 9 heteroatoms. The average molecular weight is 381 g/mol. The summed E-state index contributed by atoms with van der Waals surface area (Å²) in [5, 5.41) is 2.51. The summed E-state index contributed by atoms with van der Waals surface area (Å²) in [6, 6.07) is 6.47. The first kappa shape index (κ1) is 18.9. The number of anilines is 1. The lowest BCUT2D eigenvalue weighted by Crippen LogP contribution is -2.21. The lowest BCUT2D eigenvalue weighted by molar-refractivity contribution is -0.154. The molecular weight excluding hydrogens is 363 g/mol. The van der Waals surface area contributed by atoms with E-state index in [9.17, 15) is 18.0 Å². The molecule has 3 rings (SSSR count). The van der Waals surface area contributed by atoms with Crippen LogP contribution < -0.4 is 14.8 Å². The second-order valence-electron chi connectivity index (χ2n) is 6.19. The van der Waals surface area contributed by atoms with Crippen molar-refractivity contribution >= 4 is 11.8 Å². The molecule has 2 heterocycles. The van der Waals surface area contributed by atoms with E-state index in [4.69, 9.17) is 9.47 Å². The van der Waals surface area contributed by atoms with Crippen molar-refractivity contribution in [2.75, 3.05) is 11.9 Å². The van der Waals surface area contributed by atoms with Gasteiger partial charge in [-0.05, 0) is 30.9 Å². The molecule has 0 atom stereocenters. The molecule has 0 radical (unpaired) electrons. The number of nitrogens with zero attached hydrogens (tertiary/aromatic N) is 2. The first-order valence-corrected chi connectivity index (χ1v) is 8.50. The first-order valence-electron chi connectivity index (χ1n) is 8.50. The minimum atomic E-state index is -4.45. The van der Waals surface area contributed by atoms with Crippen molar-refractivity contribution in [1.29, 1.82) is 0 Å². The van der Waals surface area contributed by atoms with Crippen molar-refractivity contribution in [3.05, 3.63) is 42.2 Å². The predicted molar refractivity (Wildman–Crippen MR) is 90.9 cm³/mol. The number of nitrogens with one attached hydrogen (secondary N) is 1. The Hall–Kier alpha value is -2.84. The summed E-state index contributed by atoms with van der Waals surface area (Å²) in [6.07, 6.45) is 1.16. The minimum absolute atomic E-state index is 0.0503. The van der Waals surface area contributed by atoms with Gasteiger partial charge in [0.05, 0.1) is 11.9 Å². The molecule has 144 valence electrons. The van der Waals surface area contributed by atoms with Crippen LogP contribution in [0.1, 0.15) is 37.2 Å². The summed E-state index contributed by atoms with van der Waals surface area (Å²) < 4.78 is 47.3. The Kier molecular flexibility index (Phi) is 5.78. The van der Waals surface area contributed by atoms with Crippen molar-refractivity contribution < 1.29 is 27.4 Å². The summed E-state index contributed by atoms with van der Waals surface area (Å²) >= 11 is 0. The van der Waals surface area contributed by atoms with E-state index in [1.807, 2.05) is 0 Å². The van der Waals surface area contributed by atoms with Crippen LogP contribution in [0.5, 0.6) is 11.8 Å². The zero-order valence-corrected chi connectivity index (χ0v) is 14.3. The number of aromatic nitrogens is 2. The van der Waals surface area contributed by atoms with Gasteiger partial charge < -0.3 is 9.47 Å². The van der Waals surface area contributed by atoms with Gasteiger partial charge in [0.15, 0.2) is 6.61 Å². The van der Waals surface area contributed by atoms with E-state index in [0.717, 1.165) is 25.7 Å². The first-order chi connectivity index (χ1) is 12.9. The third kappa shape index (κ3) is 5.57. The summed E-state index contributed by atoms with van der Waals surface area (Å²) in [6.45, 7) is -1.41. The van der Waals surface area contributed by atoms with Crippen molar-refractivity contribution in [2.45, 2.75) is 37.8 Å². The Morgan fingerprint density at radius 2 is 2.00 bits per heavy atom. The number of ether oxygens (including phenoxy) is 2. The third-order valence-corrected chi connectivity index (χ3v) is 4.13. The number of hydrogen-bond acceptors (Lipinski definition) is 5. The summed E-state index contributed by atoms with van der Waals surface area (Å²) in [7, 11) is 0. The van der Waals surface area contributed by atoms with Crippen molar-refractivity contribution in [1.82, 2.24) is 9.97 Å². The Morgan fingerprint density at radius 3 is 2.67 bits per heavy atom. The fourth-order valence-corrected chi connectivity index (χ4v) is 2.98. The molecule has 0 aliphatic heterocycles. The van der Waals surface area contributed by atoms with E-state index in [0.29, 0.717) is 11.3 Å². The maximum Gasteiger partial charge on any atom is 0.422 e. The van der Waals surface area contributed by atoms with Crippen LogP contribution in [0.15, 0.2) is 36.7 Å². The van der Waals surface area contributed by atoms with E-state index in [1.54, 1.807) is 18.2 Å². The van der Waals surface area contributed by atoms with E-state index in [1.165, 1.54) is 18.5 Å². The number of halogens is 3. The smallest absolute Gasteiger partial charge is 0.422 e. The highest BCUT2D eigenvalue weighted by atomic mass is 19.4. The number of carbonyl (C=O) groups is 1.